The van der Waals surface area contributed by atoms with Crippen LogP contribution in [0.1, 0.15) is 27.2 Å². The van der Waals surface area contributed by atoms with Gasteiger partial charge in [-0.15, -0.1) is 11.3 Å². The van der Waals surface area contributed by atoms with Crippen molar-refractivity contribution in [1.82, 2.24) is 10.3 Å². The Bertz CT molecular complexity index is 655. The van der Waals surface area contributed by atoms with Crippen molar-refractivity contribution in [3.63, 3.8) is 0 Å². The average molecular weight is 336 g/mol. The molecule has 23 heavy (non-hydrogen) atoms. The van der Waals surface area contributed by atoms with Gasteiger partial charge in [0.1, 0.15) is 10.8 Å². The number of aliphatic hydroxyl groups excluding tert-OH is 1. The van der Waals surface area contributed by atoms with Crippen LogP contribution in [0.25, 0.3) is 0 Å². The van der Waals surface area contributed by atoms with E-state index in [2.05, 4.69) is 10.3 Å². The molecule has 7 heteroatoms. The normalized spacial score (nSPS) is 12.0. The fourth-order valence-corrected chi connectivity index (χ4v) is 3.02. The van der Waals surface area contributed by atoms with Gasteiger partial charge in [-0.05, 0) is 24.6 Å². The van der Waals surface area contributed by atoms with Crippen LogP contribution in [0.2, 0.25) is 0 Å². The van der Waals surface area contributed by atoms with E-state index in [1.165, 1.54) is 11.3 Å². The highest BCUT2D eigenvalue weighted by Gasteiger charge is 2.18. The zero-order chi connectivity index (χ0) is 16.8. The third-order valence-electron chi connectivity index (χ3n) is 3.31. The zero-order valence-corrected chi connectivity index (χ0v) is 14.1. The van der Waals surface area contributed by atoms with E-state index in [0.29, 0.717) is 24.5 Å². The summed E-state index contributed by atoms with van der Waals surface area (Å²) in [7, 11) is 3.18. The largest absolute Gasteiger partial charge is 0.497 e. The van der Waals surface area contributed by atoms with E-state index in [-0.39, 0.29) is 0 Å². The van der Waals surface area contributed by atoms with Gasteiger partial charge in [-0.2, -0.15) is 0 Å². The summed E-state index contributed by atoms with van der Waals surface area (Å²) in [5.74, 6) is 0.226. The first-order valence-electron chi connectivity index (χ1n) is 7.09. The molecule has 2 aromatic rings. The molecule has 0 aliphatic carbocycles. The van der Waals surface area contributed by atoms with Gasteiger partial charge in [-0.25, -0.2) is 4.98 Å². The van der Waals surface area contributed by atoms with E-state index < -0.39 is 12.0 Å². The second kappa shape index (κ2) is 8.05. The lowest BCUT2D eigenvalue weighted by Gasteiger charge is -2.12. The molecule has 1 atom stereocenters. The van der Waals surface area contributed by atoms with Crippen LogP contribution < -0.4 is 10.1 Å². The van der Waals surface area contributed by atoms with Crippen molar-refractivity contribution in [2.24, 2.45) is 0 Å². The quantitative estimate of drug-likeness (QED) is 0.808. The summed E-state index contributed by atoms with van der Waals surface area (Å²) in [5.41, 5.74) is 1.38. The molecule has 0 saturated heterocycles. The molecular weight excluding hydrogens is 316 g/mol. The number of nitrogens with one attached hydrogen (secondary N) is 1. The summed E-state index contributed by atoms with van der Waals surface area (Å²) in [5, 5.41) is 13.7. The molecule has 1 amide bonds. The van der Waals surface area contributed by atoms with Gasteiger partial charge >= 0.3 is 0 Å². The summed E-state index contributed by atoms with van der Waals surface area (Å²) < 4.78 is 10.1. The number of aromatic nitrogens is 1. The van der Waals surface area contributed by atoms with Crippen LogP contribution in [0.4, 0.5) is 0 Å². The molecule has 1 heterocycles. The SMILES string of the molecule is COCc1nc(C)c(CNC(=O)[C@@H](O)c2ccc(OC)cc2)s1. The standard InChI is InChI=1S/C16H20N2O4S/c1-10-13(23-14(18-10)9-21-2)8-17-16(20)15(19)11-4-6-12(22-3)7-5-11/h4-7,15,19H,8-9H2,1-3H3,(H,17,20)/t15-/m0/s1. The van der Waals surface area contributed by atoms with Crippen molar-refractivity contribution in [2.75, 3.05) is 14.2 Å². The maximum absolute atomic E-state index is 12.1. The van der Waals surface area contributed by atoms with Crippen molar-refractivity contribution in [3.8, 4) is 5.75 Å². The van der Waals surface area contributed by atoms with Crippen molar-refractivity contribution < 1.29 is 19.4 Å². The molecule has 124 valence electrons. The first-order chi connectivity index (χ1) is 11.0. The van der Waals surface area contributed by atoms with E-state index >= 15 is 0 Å². The topological polar surface area (TPSA) is 80.7 Å². The van der Waals surface area contributed by atoms with E-state index in [9.17, 15) is 9.90 Å². The molecule has 0 aliphatic rings. The third-order valence-corrected chi connectivity index (χ3v) is 4.44. The first-order valence-corrected chi connectivity index (χ1v) is 7.90. The van der Waals surface area contributed by atoms with Crippen molar-refractivity contribution in [3.05, 3.63) is 45.4 Å². The number of hydrogen-bond donors (Lipinski definition) is 2. The lowest BCUT2D eigenvalue weighted by atomic mass is 10.1. The minimum Gasteiger partial charge on any atom is -0.497 e. The maximum atomic E-state index is 12.1. The van der Waals surface area contributed by atoms with E-state index in [4.69, 9.17) is 9.47 Å². The second-order valence-electron chi connectivity index (χ2n) is 4.94. The van der Waals surface area contributed by atoms with E-state index in [0.717, 1.165) is 15.6 Å². The molecule has 0 aliphatic heterocycles. The van der Waals surface area contributed by atoms with Crippen LogP contribution in [0.5, 0.6) is 5.75 Å². The third kappa shape index (κ3) is 4.51. The maximum Gasteiger partial charge on any atom is 0.253 e. The Morgan fingerprint density at radius 1 is 1.35 bits per heavy atom. The Hall–Kier alpha value is -1.96. The van der Waals surface area contributed by atoms with E-state index in [1.54, 1.807) is 38.5 Å². The molecule has 0 saturated carbocycles. The second-order valence-corrected chi connectivity index (χ2v) is 6.11. The van der Waals surface area contributed by atoms with Gasteiger partial charge in [-0.3, -0.25) is 4.79 Å². The molecule has 1 aromatic heterocycles. The van der Waals surface area contributed by atoms with Crippen LogP contribution in [0.3, 0.4) is 0 Å². The van der Waals surface area contributed by atoms with Crippen molar-refractivity contribution >= 4 is 17.2 Å². The van der Waals surface area contributed by atoms with Gasteiger partial charge in [-0.1, -0.05) is 12.1 Å². The molecule has 0 unspecified atom stereocenters. The molecule has 2 N–H and O–H groups in total. The van der Waals surface area contributed by atoms with E-state index in [1.807, 2.05) is 6.92 Å². The zero-order valence-electron chi connectivity index (χ0n) is 13.3. The van der Waals surface area contributed by atoms with Gasteiger partial charge in [0.15, 0.2) is 6.10 Å². The predicted molar refractivity (Wildman–Crippen MR) is 87.4 cm³/mol. The molecule has 2 rings (SSSR count). The number of carbonyl (C=O) groups excluding carboxylic acids is 1. The van der Waals surface area contributed by atoms with Crippen LogP contribution >= 0.6 is 11.3 Å². The fraction of sp³-hybridized carbons (Fsp3) is 0.375. The molecule has 6 nitrogen and oxygen atoms in total. The Balaban J connectivity index is 1.95. The van der Waals surface area contributed by atoms with Gasteiger partial charge in [0.25, 0.3) is 5.91 Å². The van der Waals surface area contributed by atoms with Crippen LogP contribution in [0.15, 0.2) is 24.3 Å². The number of rotatable bonds is 7. The van der Waals surface area contributed by atoms with Crippen molar-refractivity contribution in [1.29, 1.82) is 0 Å². The number of carbonyl (C=O) groups is 1. The average Bonchev–Trinajstić information content (AvgIpc) is 2.92. The number of aliphatic hydroxyl groups is 1. The predicted octanol–water partition coefficient (Wildman–Crippen LogP) is 1.96. The molecule has 1 aromatic carbocycles. The lowest BCUT2D eigenvalue weighted by Crippen LogP contribution is -2.28. The number of amides is 1. The minimum atomic E-state index is -1.22. The number of ether oxygens (including phenoxy) is 2. The fourth-order valence-electron chi connectivity index (χ4n) is 2.04. The number of hydrogen-bond acceptors (Lipinski definition) is 6. The molecule has 0 spiro atoms. The summed E-state index contributed by atoms with van der Waals surface area (Å²) in [6.07, 6.45) is -1.22. The number of methoxy groups -OCH3 is 2. The smallest absolute Gasteiger partial charge is 0.253 e. The Labute approximate surface area is 139 Å². The number of nitrogens with zero attached hydrogens (tertiary/aromatic N) is 1. The Morgan fingerprint density at radius 2 is 2.04 bits per heavy atom. The summed E-state index contributed by atoms with van der Waals surface area (Å²) in [6, 6.07) is 6.74. The van der Waals surface area contributed by atoms with Gasteiger partial charge < -0.3 is 19.9 Å². The monoisotopic (exact) mass is 336 g/mol. The first kappa shape index (κ1) is 17.4. The number of benzene rings is 1. The summed E-state index contributed by atoms with van der Waals surface area (Å²) in [6.45, 7) is 2.67. The van der Waals surface area contributed by atoms with Gasteiger partial charge in [0.2, 0.25) is 0 Å². The van der Waals surface area contributed by atoms with Crippen LogP contribution in [-0.4, -0.2) is 30.2 Å². The summed E-state index contributed by atoms with van der Waals surface area (Å²) in [4.78, 5) is 17.4. The highest BCUT2D eigenvalue weighted by atomic mass is 32.1. The van der Waals surface area contributed by atoms with Gasteiger partial charge in [0, 0.05) is 12.0 Å². The van der Waals surface area contributed by atoms with Crippen LogP contribution in [-0.2, 0) is 22.7 Å². The number of thiazole rings is 1. The number of aryl methyl sites for hydroxylation is 1. The molecular formula is C16H20N2O4S. The lowest BCUT2D eigenvalue weighted by molar-refractivity contribution is -0.129. The minimum absolute atomic E-state index is 0.333. The van der Waals surface area contributed by atoms with Gasteiger partial charge in [0.05, 0.1) is 26.0 Å². The highest BCUT2D eigenvalue weighted by molar-refractivity contribution is 7.11. The van der Waals surface area contributed by atoms with Crippen LogP contribution in [0, 0.1) is 6.92 Å². The molecule has 0 radical (unpaired) electrons. The molecule has 0 bridgehead atoms. The Kier molecular flexibility index (Phi) is 6.09. The molecule has 0 fully saturated rings. The van der Waals surface area contributed by atoms with Crippen molar-refractivity contribution in [2.45, 2.75) is 26.2 Å². The summed E-state index contributed by atoms with van der Waals surface area (Å²) >= 11 is 1.49. The Morgan fingerprint density at radius 3 is 2.65 bits per heavy atom. The highest BCUT2D eigenvalue weighted by Crippen LogP contribution is 2.20.